The number of hydrogen-bond donors (Lipinski definition) is 2. The predicted molar refractivity (Wildman–Crippen MR) is 135 cm³/mol. The highest BCUT2D eigenvalue weighted by atomic mass is 127. The first kappa shape index (κ1) is 25.9. The molecule has 172 valence electrons. The quantitative estimate of drug-likeness (QED) is 0.183. The van der Waals surface area contributed by atoms with Gasteiger partial charge in [0.05, 0.1) is 0 Å². The lowest BCUT2D eigenvalue weighted by molar-refractivity contribution is 0.105. The standard InChI is InChI=1S/C22H32ClN5O2.HI/c1-3-24-21(26-16-22(10-5-6-11-22)12-13-29-4-2)25-15-19-27-20(28-30-19)17-8-7-9-18(23)14-17;/h7-9,14H,3-6,10-13,15-16H2,1-2H3,(H2,24,25,26);1H. The van der Waals surface area contributed by atoms with Crippen LogP contribution in [0, 0.1) is 5.41 Å². The molecule has 9 heteroatoms. The van der Waals surface area contributed by atoms with Gasteiger partial charge in [-0.15, -0.1) is 24.0 Å². The highest BCUT2D eigenvalue weighted by Gasteiger charge is 2.33. The average molecular weight is 562 g/mol. The first-order chi connectivity index (χ1) is 14.6. The summed E-state index contributed by atoms with van der Waals surface area (Å²) in [5.74, 6) is 1.75. The Labute approximate surface area is 206 Å². The molecule has 2 aromatic rings. The SMILES string of the molecule is CCNC(=NCc1nc(-c2cccc(Cl)c2)no1)NCC1(CCOCC)CCCC1.I. The van der Waals surface area contributed by atoms with Crippen molar-refractivity contribution < 1.29 is 9.26 Å². The second kappa shape index (κ2) is 13.2. The molecule has 0 amide bonds. The van der Waals surface area contributed by atoms with Gasteiger partial charge in [-0.3, -0.25) is 0 Å². The fourth-order valence-electron chi connectivity index (χ4n) is 3.90. The molecular weight excluding hydrogens is 529 g/mol. The summed E-state index contributed by atoms with van der Waals surface area (Å²) < 4.78 is 11.0. The van der Waals surface area contributed by atoms with Crippen molar-refractivity contribution in [2.45, 2.75) is 52.5 Å². The van der Waals surface area contributed by atoms with Gasteiger partial charge in [-0.25, -0.2) is 4.99 Å². The fraction of sp³-hybridized carbons (Fsp3) is 0.591. The second-order valence-corrected chi connectivity index (χ2v) is 8.16. The van der Waals surface area contributed by atoms with Gasteiger partial charge < -0.3 is 19.9 Å². The zero-order valence-electron chi connectivity index (χ0n) is 18.3. The molecule has 3 rings (SSSR count). The number of hydrogen-bond acceptors (Lipinski definition) is 5. The summed E-state index contributed by atoms with van der Waals surface area (Å²) in [6.07, 6.45) is 6.13. The van der Waals surface area contributed by atoms with Crippen molar-refractivity contribution in [3.05, 3.63) is 35.2 Å². The molecule has 0 atom stereocenters. The number of nitrogens with one attached hydrogen (secondary N) is 2. The van der Waals surface area contributed by atoms with E-state index in [4.69, 9.17) is 20.9 Å². The Kier molecular flexibility index (Phi) is 11.0. The van der Waals surface area contributed by atoms with Crippen LogP contribution >= 0.6 is 35.6 Å². The number of benzene rings is 1. The van der Waals surface area contributed by atoms with Crippen LogP contribution in [0.3, 0.4) is 0 Å². The zero-order chi connectivity index (χ0) is 21.2. The fourth-order valence-corrected chi connectivity index (χ4v) is 4.09. The molecule has 1 aliphatic rings. The number of aliphatic imine (C=N–C) groups is 1. The lowest BCUT2D eigenvalue weighted by Crippen LogP contribution is -2.43. The largest absolute Gasteiger partial charge is 0.382 e. The Morgan fingerprint density at radius 2 is 2.06 bits per heavy atom. The zero-order valence-corrected chi connectivity index (χ0v) is 21.4. The van der Waals surface area contributed by atoms with Crippen LogP contribution in [0.1, 0.15) is 51.8 Å². The molecule has 31 heavy (non-hydrogen) atoms. The number of aromatic nitrogens is 2. The first-order valence-corrected chi connectivity index (χ1v) is 11.2. The summed E-state index contributed by atoms with van der Waals surface area (Å²) in [7, 11) is 0. The Bertz CT molecular complexity index is 824. The lowest BCUT2D eigenvalue weighted by atomic mass is 9.83. The van der Waals surface area contributed by atoms with Gasteiger partial charge in [-0.2, -0.15) is 4.98 Å². The molecule has 1 aromatic heterocycles. The maximum atomic E-state index is 6.05. The minimum Gasteiger partial charge on any atom is -0.382 e. The molecule has 1 aliphatic carbocycles. The van der Waals surface area contributed by atoms with Crippen molar-refractivity contribution in [2.24, 2.45) is 10.4 Å². The summed E-state index contributed by atoms with van der Waals surface area (Å²) in [6.45, 7) is 7.69. The Morgan fingerprint density at radius 1 is 1.26 bits per heavy atom. The molecule has 1 saturated carbocycles. The van der Waals surface area contributed by atoms with Gasteiger partial charge in [-0.1, -0.05) is 41.7 Å². The third-order valence-corrected chi connectivity index (χ3v) is 5.78. The van der Waals surface area contributed by atoms with E-state index in [0.717, 1.165) is 44.2 Å². The normalized spacial score (nSPS) is 15.5. The third kappa shape index (κ3) is 7.91. The molecule has 7 nitrogen and oxygen atoms in total. The topological polar surface area (TPSA) is 84.6 Å². The van der Waals surface area contributed by atoms with Gasteiger partial charge in [0.1, 0.15) is 6.54 Å². The second-order valence-electron chi connectivity index (χ2n) is 7.72. The first-order valence-electron chi connectivity index (χ1n) is 10.8. The Morgan fingerprint density at radius 3 is 2.77 bits per heavy atom. The smallest absolute Gasteiger partial charge is 0.248 e. The number of rotatable bonds is 10. The van der Waals surface area contributed by atoms with Crippen molar-refractivity contribution >= 4 is 41.5 Å². The summed E-state index contributed by atoms with van der Waals surface area (Å²) >= 11 is 6.05. The molecule has 1 aromatic carbocycles. The van der Waals surface area contributed by atoms with E-state index in [2.05, 4.69) is 32.7 Å². The molecule has 0 saturated heterocycles. The van der Waals surface area contributed by atoms with E-state index in [1.807, 2.05) is 31.2 Å². The van der Waals surface area contributed by atoms with Crippen LogP contribution in [0.5, 0.6) is 0 Å². The Hall–Kier alpha value is -1.39. The van der Waals surface area contributed by atoms with Crippen LogP contribution in [0.4, 0.5) is 0 Å². The third-order valence-electron chi connectivity index (χ3n) is 5.54. The van der Waals surface area contributed by atoms with E-state index in [1.165, 1.54) is 25.7 Å². The monoisotopic (exact) mass is 561 g/mol. The van der Waals surface area contributed by atoms with E-state index in [9.17, 15) is 0 Å². The number of guanidine groups is 1. The Balaban J connectivity index is 0.00000341. The van der Waals surface area contributed by atoms with Crippen LogP contribution in [0.25, 0.3) is 11.4 Å². The van der Waals surface area contributed by atoms with Crippen LogP contribution in [0.15, 0.2) is 33.8 Å². The van der Waals surface area contributed by atoms with E-state index in [-0.39, 0.29) is 29.4 Å². The summed E-state index contributed by atoms with van der Waals surface area (Å²) in [5, 5.41) is 11.5. The molecule has 2 N–H and O–H groups in total. The minimum absolute atomic E-state index is 0. The van der Waals surface area contributed by atoms with E-state index >= 15 is 0 Å². The van der Waals surface area contributed by atoms with E-state index < -0.39 is 0 Å². The molecular formula is C22H33ClIN5O2. The van der Waals surface area contributed by atoms with Gasteiger partial charge in [0.2, 0.25) is 11.7 Å². The van der Waals surface area contributed by atoms with Gasteiger partial charge in [0.25, 0.3) is 0 Å². The highest BCUT2D eigenvalue weighted by Crippen LogP contribution is 2.40. The summed E-state index contributed by atoms with van der Waals surface area (Å²) in [4.78, 5) is 9.08. The van der Waals surface area contributed by atoms with Crippen molar-refractivity contribution in [3.8, 4) is 11.4 Å². The van der Waals surface area contributed by atoms with Crippen molar-refractivity contribution in [2.75, 3.05) is 26.3 Å². The molecule has 1 fully saturated rings. The van der Waals surface area contributed by atoms with Crippen LogP contribution in [0.2, 0.25) is 5.02 Å². The molecule has 0 bridgehead atoms. The molecule has 1 heterocycles. The molecule has 0 aliphatic heterocycles. The lowest BCUT2D eigenvalue weighted by Gasteiger charge is -2.30. The maximum Gasteiger partial charge on any atom is 0.248 e. The summed E-state index contributed by atoms with van der Waals surface area (Å²) in [6, 6.07) is 7.40. The van der Waals surface area contributed by atoms with Crippen molar-refractivity contribution in [1.82, 2.24) is 20.8 Å². The van der Waals surface area contributed by atoms with E-state index in [1.54, 1.807) is 0 Å². The number of halogens is 2. The average Bonchev–Trinajstić information content (AvgIpc) is 3.41. The number of nitrogens with zero attached hydrogens (tertiary/aromatic N) is 3. The predicted octanol–water partition coefficient (Wildman–Crippen LogP) is 5.05. The maximum absolute atomic E-state index is 6.05. The van der Waals surface area contributed by atoms with E-state index in [0.29, 0.717) is 23.3 Å². The van der Waals surface area contributed by atoms with Crippen molar-refractivity contribution in [3.63, 3.8) is 0 Å². The highest BCUT2D eigenvalue weighted by molar-refractivity contribution is 14.0. The van der Waals surface area contributed by atoms with Crippen LogP contribution in [-0.4, -0.2) is 42.4 Å². The molecule has 0 spiro atoms. The van der Waals surface area contributed by atoms with Gasteiger partial charge in [0, 0.05) is 36.9 Å². The van der Waals surface area contributed by atoms with Gasteiger partial charge in [-0.05, 0) is 50.7 Å². The molecule has 0 radical (unpaired) electrons. The minimum atomic E-state index is 0. The van der Waals surface area contributed by atoms with Crippen molar-refractivity contribution in [1.29, 1.82) is 0 Å². The van der Waals surface area contributed by atoms with Crippen LogP contribution < -0.4 is 10.6 Å². The van der Waals surface area contributed by atoms with Gasteiger partial charge >= 0.3 is 0 Å². The molecule has 0 unspecified atom stereocenters. The van der Waals surface area contributed by atoms with Crippen LogP contribution in [-0.2, 0) is 11.3 Å². The van der Waals surface area contributed by atoms with Gasteiger partial charge in [0.15, 0.2) is 5.96 Å². The number of ether oxygens (including phenoxy) is 1. The summed E-state index contributed by atoms with van der Waals surface area (Å²) in [5.41, 5.74) is 1.11.